The van der Waals surface area contributed by atoms with E-state index in [9.17, 15) is 4.79 Å². The lowest BCUT2D eigenvalue weighted by Crippen LogP contribution is -2.55. The number of hydrogen-bond acceptors (Lipinski definition) is 8. The Morgan fingerprint density at radius 2 is 1.86 bits per heavy atom. The highest BCUT2D eigenvalue weighted by atomic mass is 16.6. The Bertz CT molecular complexity index is 1020. The Hall–Kier alpha value is -3.07. The lowest BCUT2D eigenvalue weighted by Gasteiger charge is -2.40. The maximum atomic E-state index is 12.3. The van der Waals surface area contributed by atoms with Crippen molar-refractivity contribution in [3.05, 3.63) is 36.2 Å². The average Bonchev–Trinajstić information content (AvgIpc) is 2.83. The van der Waals surface area contributed by atoms with Gasteiger partial charge in [0.2, 0.25) is 0 Å². The van der Waals surface area contributed by atoms with Crippen molar-refractivity contribution in [2.75, 3.05) is 30.0 Å². The van der Waals surface area contributed by atoms with Crippen LogP contribution in [0.15, 0.2) is 30.5 Å². The second-order valence-corrected chi connectivity index (χ2v) is 10.6. The zero-order valence-corrected chi connectivity index (χ0v) is 22.0. The van der Waals surface area contributed by atoms with Crippen molar-refractivity contribution >= 4 is 23.4 Å². The summed E-state index contributed by atoms with van der Waals surface area (Å²) in [4.78, 5) is 24.0. The number of carbonyl (C=O) groups excluding carboxylic acids is 1. The van der Waals surface area contributed by atoms with Gasteiger partial charge in [-0.15, -0.1) is 0 Å². The Labute approximate surface area is 213 Å². The minimum atomic E-state index is -0.528. The molecule has 2 N–H and O–H groups in total. The van der Waals surface area contributed by atoms with E-state index >= 15 is 0 Å². The third kappa shape index (κ3) is 7.00. The summed E-state index contributed by atoms with van der Waals surface area (Å²) in [6.45, 7) is 12.0. The van der Waals surface area contributed by atoms with Crippen LogP contribution in [0.4, 0.5) is 22.1 Å². The van der Waals surface area contributed by atoms with Crippen LogP contribution in [0.3, 0.4) is 0 Å². The lowest BCUT2D eigenvalue weighted by atomic mass is 9.97. The molecule has 2 aliphatic heterocycles. The van der Waals surface area contributed by atoms with Gasteiger partial charge in [-0.3, -0.25) is 4.98 Å². The fraction of sp³-hybridized carbons (Fsp3) is 0.593. The standard InChI is InChI=1S/C27H39N5O4/c1-18-25(29-20-8-10-21(11-9-20)35-22-12-15-34-16-13-22)31-24(17-28-18)32-14-6-7-23(19(32)2)30-26(33)36-27(3,4)5/h8-11,17,19,22-23H,6-7,12-16H2,1-5H3,(H,29,31)(H,30,33)/t19-,23-/m1/s1. The number of carbonyl (C=O) groups is 1. The number of amides is 1. The number of aromatic nitrogens is 2. The quantitative estimate of drug-likeness (QED) is 0.577. The molecular weight excluding hydrogens is 458 g/mol. The van der Waals surface area contributed by atoms with E-state index in [1.54, 1.807) is 6.20 Å². The molecule has 9 heteroatoms. The molecule has 36 heavy (non-hydrogen) atoms. The van der Waals surface area contributed by atoms with Crippen molar-refractivity contribution in [3.8, 4) is 5.75 Å². The first kappa shape index (κ1) is 26.0. The van der Waals surface area contributed by atoms with Gasteiger partial charge < -0.3 is 29.7 Å². The van der Waals surface area contributed by atoms with Crippen LogP contribution in [0, 0.1) is 6.92 Å². The van der Waals surface area contributed by atoms with Crippen LogP contribution < -0.4 is 20.3 Å². The number of nitrogens with one attached hydrogen (secondary N) is 2. The predicted octanol–water partition coefficient (Wildman–Crippen LogP) is 4.97. The number of aryl methyl sites for hydroxylation is 1. The van der Waals surface area contributed by atoms with Gasteiger partial charge in [-0.25, -0.2) is 9.78 Å². The number of alkyl carbamates (subject to hydrolysis) is 1. The summed E-state index contributed by atoms with van der Waals surface area (Å²) >= 11 is 0. The molecule has 2 saturated heterocycles. The molecule has 0 radical (unpaired) electrons. The SMILES string of the molecule is Cc1ncc(N2CCC[C@@H](NC(=O)OC(C)(C)C)[C@H]2C)nc1Nc1ccc(OC2CCOCC2)cc1. The summed E-state index contributed by atoms with van der Waals surface area (Å²) in [7, 11) is 0. The Morgan fingerprint density at radius 3 is 2.56 bits per heavy atom. The third-order valence-electron chi connectivity index (χ3n) is 6.52. The Balaban J connectivity index is 1.41. The highest BCUT2D eigenvalue weighted by Crippen LogP contribution is 2.27. The Kier molecular flexibility index (Phi) is 8.18. The molecule has 4 rings (SSSR count). The molecule has 0 aliphatic carbocycles. The molecule has 2 fully saturated rings. The van der Waals surface area contributed by atoms with Gasteiger partial charge in [0, 0.05) is 31.1 Å². The molecule has 0 unspecified atom stereocenters. The molecule has 1 aromatic heterocycles. The van der Waals surface area contributed by atoms with E-state index in [0.717, 1.165) is 68.4 Å². The molecule has 1 amide bonds. The van der Waals surface area contributed by atoms with Gasteiger partial charge in [-0.1, -0.05) is 0 Å². The fourth-order valence-electron chi connectivity index (χ4n) is 4.56. The van der Waals surface area contributed by atoms with Crippen LogP contribution >= 0.6 is 0 Å². The van der Waals surface area contributed by atoms with E-state index in [-0.39, 0.29) is 24.3 Å². The molecule has 2 aliphatic rings. The normalized spacial score (nSPS) is 21.1. The van der Waals surface area contributed by atoms with Crippen molar-refractivity contribution in [1.82, 2.24) is 15.3 Å². The first-order valence-corrected chi connectivity index (χ1v) is 12.9. The van der Waals surface area contributed by atoms with Crippen molar-refractivity contribution in [1.29, 1.82) is 0 Å². The Morgan fingerprint density at radius 1 is 1.14 bits per heavy atom. The highest BCUT2D eigenvalue weighted by molar-refractivity contribution is 5.68. The number of nitrogens with zero attached hydrogens (tertiary/aromatic N) is 3. The smallest absolute Gasteiger partial charge is 0.407 e. The van der Waals surface area contributed by atoms with Crippen LogP contribution in [-0.2, 0) is 9.47 Å². The second kappa shape index (κ2) is 11.3. The van der Waals surface area contributed by atoms with E-state index in [4.69, 9.17) is 19.2 Å². The lowest BCUT2D eigenvalue weighted by molar-refractivity contribution is 0.0255. The molecule has 2 aromatic rings. The van der Waals surface area contributed by atoms with Crippen molar-refractivity contribution < 1.29 is 19.0 Å². The van der Waals surface area contributed by atoms with Crippen LogP contribution in [0.1, 0.15) is 59.1 Å². The molecule has 3 heterocycles. The van der Waals surface area contributed by atoms with Crippen LogP contribution in [0.5, 0.6) is 5.75 Å². The molecule has 0 saturated carbocycles. The summed E-state index contributed by atoms with van der Waals surface area (Å²) in [6.07, 6.45) is 5.30. The van der Waals surface area contributed by atoms with E-state index in [0.29, 0.717) is 5.82 Å². The van der Waals surface area contributed by atoms with E-state index in [1.807, 2.05) is 52.0 Å². The van der Waals surface area contributed by atoms with Crippen LogP contribution in [0.2, 0.25) is 0 Å². The average molecular weight is 498 g/mol. The van der Waals surface area contributed by atoms with Gasteiger partial charge in [-0.2, -0.15) is 0 Å². The first-order chi connectivity index (χ1) is 17.2. The summed E-state index contributed by atoms with van der Waals surface area (Å²) in [5.41, 5.74) is 1.20. The summed E-state index contributed by atoms with van der Waals surface area (Å²) < 4.78 is 16.9. The molecular formula is C27H39N5O4. The highest BCUT2D eigenvalue weighted by Gasteiger charge is 2.31. The number of anilines is 3. The predicted molar refractivity (Wildman–Crippen MR) is 140 cm³/mol. The largest absolute Gasteiger partial charge is 0.490 e. The molecule has 2 atom stereocenters. The summed E-state index contributed by atoms with van der Waals surface area (Å²) in [5.74, 6) is 2.35. The minimum absolute atomic E-state index is 0.0311. The van der Waals surface area contributed by atoms with Gasteiger partial charge in [0.15, 0.2) is 5.82 Å². The number of rotatable bonds is 6. The fourth-order valence-corrected chi connectivity index (χ4v) is 4.56. The van der Waals surface area contributed by atoms with Gasteiger partial charge in [-0.05, 0) is 71.7 Å². The molecule has 0 bridgehead atoms. The van der Waals surface area contributed by atoms with Gasteiger partial charge in [0.1, 0.15) is 23.3 Å². The van der Waals surface area contributed by atoms with Crippen molar-refractivity contribution in [3.63, 3.8) is 0 Å². The minimum Gasteiger partial charge on any atom is -0.490 e. The monoisotopic (exact) mass is 497 g/mol. The van der Waals surface area contributed by atoms with Gasteiger partial charge in [0.05, 0.1) is 31.1 Å². The van der Waals surface area contributed by atoms with Crippen LogP contribution in [-0.4, -0.2) is 59.6 Å². The van der Waals surface area contributed by atoms with Crippen molar-refractivity contribution in [2.24, 2.45) is 0 Å². The second-order valence-electron chi connectivity index (χ2n) is 10.6. The van der Waals surface area contributed by atoms with E-state index < -0.39 is 5.60 Å². The summed E-state index contributed by atoms with van der Waals surface area (Å²) in [5, 5.41) is 6.44. The maximum Gasteiger partial charge on any atom is 0.407 e. The topological polar surface area (TPSA) is 97.8 Å². The zero-order valence-electron chi connectivity index (χ0n) is 22.0. The molecule has 0 spiro atoms. The van der Waals surface area contributed by atoms with Crippen molar-refractivity contribution in [2.45, 2.75) is 84.1 Å². The number of piperidine rings is 1. The first-order valence-electron chi connectivity index (χ1n) is 12.9. The summed E-state index contributed by atoms with van der Waals surface area (Å²) in [6, 6.07) is 7.96. The molecule has 1 aromatic carbocycles. The third-order valence-corrected chi connectivity index (χ3v) is 6.52. The van der Waals surface area contributed by atoms with E-state index in [2.05, 4.69) is 27.4 Å². The number of hydrogen-bond donors (Lipinski definition) is 2. The number of benzene rings is 1. The van der Waals surface area contributed by atoms with E-state index in [1.165, 1.54) is 0 Å². The van der Waals surface area contributed by atoms with Crippen LogP contribution in [0.25, 0.3) is 0 Å². The van der Waals surface area contributed by atoms with Gasteiger partial charge >= 0.3 is 6.09 Å². The maximum absolute atomic E-state index is 12.3. The van der Waals surface area contributed by atoms with Gasteiger partial charge in [0.25, 0.3) is 0 Å². The number of ether oxygens (including phenoxy) is 3. The molecule has 9 nitrogen and oxygen atoms in total. The molecule has 196 valence electrons. The zero-order chi connectivity index (χ0) is 25.7.